The summed E-state index contributed by atoms with van der Waals surface area (Å²) in [7, 11) is -3.76. The van der Waals surface area contributed by atoms with Crippen LogP contribution >= 0.6 is 15.9 Å². The van der Waals surface area contributed by atoms with Crippen LogP contribution in [0.3, 0.4) is 0 Å². The molecule has 232 valence electrons. The molecule has 3 N–H and O–H groups in total. The Bertz CT molecular complexity index is 1990. The molecule has 1 aromatic heterocycles. The number of hydrogen-bond acceptors (Lipinski definition) is 6. The third kappa shape index (κ3) is 5.73. The summed E-state index contributed by atoms with van der Waals surface area (Å²) in [4.78, 5) is 32.3. The van der Waals surface area contributed by atoms with Crippen molar-refractivity contribution in [1.82, 2.24) is 14.3 Å². The summed E-state index contributed by atoms with van der Waals surface area (Å²) in [5, 5.41) is 11.2. The van der Waals surface area contributed by atoms with Crippen LogP contribution in [-0.2, 0) is 22.0 Å². The van der Waals surface area contributed by atoms with Gasteiger partial charge in [-0.25, -0.2) is 22.5 Å². The molecule has 4 aliphatic carbocycles. The van der Waals surface area contributed by atoms with Crippen molar-refractivity contribution in [2.45, 2.75) is 55.4 Å². The second-order valence-electron chi connectivity index (χ2n) is 12.8. The van der Waals surface area contributed by atoms with Gasteiger partial charge in [-0.2, -0.15) is 0 Å². The SMILES string of the molecule is O=c1[nH]c(=O)n(-c2ccc(C34CC5CC(CC(C5)C3)C4)cc2Br)c(O)c1C=Nc1ccc(S(=O)(=O)NCc2ccccc2)cc1. The highest BCUT2D eigenvalue weighted by Gasteiger charge is 2.51. The van der Waals surface area contributed by atoms with Crippen LogP contribution in [0.2, 0.25) is 0 Å². The molecule has 4 fully saturated rings. The molecule has 0 unspecified atom stereocenters. The third-order valence-electron chi connectivity index (χ3n) is 9.76. The number of halogens is 1. The maximum absolute atomic E-state index is 12.9. The number of aromatic hydroxyl groups is 1. The molecule has 0 radical (unpaired) electrons. The molecule has 0 spiro atoms. The lowest BCUT2D eigenvalue weighted by molar-refractivity contribution is -0.00521. The van der Waals surface area contributed by atoms with E-state index >= 15 is 0 Å². The van der Waals surface area contributed by atoms with Gasteiger partial charge < -0.3 is 5.11 Å². The van der Waals surface area contributed by atoms with Crippen molar-refractivity contribution in [2.24, 2.45) is 22.7 Å². The summed E-state index contributed by atoms with van der Waals surface area (Å²) >= 11 is 3.65. The molecule has 45 heavy (non-hydrogen) atoms. The van der Waals surface area contributed by atoms with Crippen molar-refractivity contribution in [1.29, 1.82) is 0 Å². The lowest BCUT2D eigenvalue weighted by atomic mass is 9.48. The van der Waals surface area contributed by atoms with Crippen molar-refractivity contribution >= 4 is 37.9 Å². The van der Waals surface area contributed by atoms with Gasteiger partial charge in [-0.15, -0.1) is 0 Å². The van der Waals surface area contributed by atoms with Gasteiger partial charge in [0.1, 0.15) is 5.56 Å². The second-order valence-corrected chi connectivity index (χ2v) is 15.4. The Morgan fingerprint density at radius 3 is 2.22 bits per heavy atom. The predicted octanol–water partition coefficient (Wildman–Crippen LogP) is 5.69. The van der Waals surface area contributed by atoms with Crippen LogP contribution in [0.5, 0.6) is 5.88 Å². The molecular weight excluding hydrogens is 656 g/mol. The fourth-order valence-corrected chi connectivity index (χ4v) is 9.64. The standard InChI is InChI=1S/C34H33BrN4O5S/c35-29-15-25(34-16-22-12-23(17-34)14-24(13-22)18-34)6-11-30(29)39-32(41)28(31(40)38-33(39)42)20-36-26-7-9-27(10-8-26)45(43,44)37-19-21-4-2-1-3-5-21/h1-11,15,20,22-24,37,41H,12-14,16-19H2,(H,38,40,42). The van der Waals surface area contributed by atoms with Crippen LogP contribution in [-0.4, -0.2) is 29.3 Å². The normalized spacial score (nSPS) is 24.0. The minimum Gasteiger partial charge on any atom is -0.493 e. The average Bonchev–Trinajstić information content (AvgIpc) is 3.01. The highest BCUT2D eigenvalue weighted by Crippen LogP contribution is 2.61. The molecule has 0 atom stereocenters. The molecule has 4 saturated carbocycles. The lowest BCUT2D eigenvalue weighted by Gasteiger charge is -2.57. The Kier molecular flexibility index (Phi) is 7.66. The number of hydrogen-bond donors (Lipinski definition) is 3. The third-order valence-corrected chi connectivity index (χ3v) is 11.8. The Hall–Kier alpha value is -3.80. The lowest BCUT2D eigenvalue weighted by Crippen LogP contribution is -2.48. The van der Waals surface area contributed by atoms with Crippen LogP contribution in [0.1, 0.15) is 55.2 Å². The smallest absolute Gasteiger partial charge is 0.335 e. The molecule has 11 heteroatoms. The van der Waals surface area contributed by atoms with Crippen molar-refractivity contribution in [3.8, 4) is 11.6 Å². The fourth-order valence-electron chi connectivity index (χ4n) is 8.07. The van der Waals surface area contributed by atoms with E-state index in [9.17, 15) is 23.1 Å². The van der Waals surface area contributed by atoms with Crippen molar-refractivity contribution in [2.75, 3.05) is 0 Å². The largest absolute Gasteiger partial charge is 0.493 e. The van der Waals surface area contributed by atoms with Crippen LogP contribution in [0.25, 0.3) is 5.69 Å². The summed E-state index contributed by atoms with van der Waals surface area (Å²) in [5.41, 5.74) is 1.27. The van der Waals surface area contributed by atoms with E-state index in [0.717, 1.165) is 27.9 Å². The molecule has 0 saturated heterocycles. The minimum atomic E-state index is -3.76. The van der Waals surface area contributed by atoms with Crippen molar-refractivity contribution < 1.29 is 13.5 Å². The number of H-pyrrole nitrogens is 1. The number of sulfonamides is 1. The van der Waals surface area contributed by atoms with Gasteiger partial charge in [0.2, 0.25) is 15.9 Å². The van der Waals surface area contributed by atoms with E-state index in [4.69, 9.17) is 0 Å². The fraction of sp³-hybridized carbons (Fsp3) is 0.324. The minimum absolute atomic E-state index is 0.0634. The van der Waals surface area contributed by atoms with Crippen LogP contribution in [0.4, 0.5) is 5.69 Å². The van der Waals surface area contributed by atoms with Crippen molar-refractivity contribution in [3.63, 3.8) is 0 Å². The van der Waals surface area contributed by atoms with E-state index in [1.807, 2.05) is 36.4 Å². The number of aromatic nitrogens is 2. The van der Waals surface area contributed by atoms with Gasteiger partial charge in [0.15, 0.2) is 0 Å². The first-order chi connectivity index (χ1) is 21.6. The quantitative estimate of drug-likeness (QED) is 0.205. The van der Waals surface area contributed by atoms with Crippen LogP contribution < -0.4 is 16.0 Å². The number of nitrogens with zero attached hydrogens (tertiary/aromatic N) is 2. The molecular formula is C34H33BrN4O5S. The zero-order chi connectivity index (χ0) is 31.3. The Morgan fingerprint density at radius 1 is 0.956 bits per heavy atom. The van der Waals surface area contributed by atoms with Gasteiger partial charge in [0.25, 0.3) is 5.56 Å². The van der Waals surface area contributed by atoms with Gasteiger partial charge in [0, 0.05) is 17.2 Å². The molecule has 4 bridgehead atoms. The van der Waals surface area contributed by atoms with E-state index in [-0.39, 0.29) is 22.4 Å². The zero-order valence-electron chi connectivity index (χ0n) is 24.4. The first-order valence-electron chi connectivity index (χ1n) is 15.2. The molecule has 4 aromatic rings. The number of benzene rings is 3. The van der Waals surface area contributed by atoms with E-state index in [1.54, 1.807) is 0 Å². The van der Waals surface area contributed by atoms with Gasteiger partial charge in [-0.05, 0) is 125 Å². The highest BCUT2D eigenvalue weighted by atomic mass is 79.9. The van der Waals surface area contributed by atoms with E-state index in [0.29, 0.717) is 15.8 Å². The molecule has 0 aliphatic heterocycles. The molecule has 9 nitrogen and oxygen atoms in total. The molecule has 0 amide bonds. The summed E-state index contributed by atoms with van der Waals surface area (Å²) in [5.74, 6) is 1.83. The second kappa shape index (κ2) is 11.5. The Morgan fingerprint density at radius 2 is 1.60 bits per heavy atom. The molecule has 3 aromatic carbocycles. The van der Waals surface area contributed by atoms with Crippen LogP contribution in [0.15, 0.2) is 96.7 Å². The van der Waals surface area contributed by atoms with Crippen LogP contribution in [0, 0.1) is 17.8 Å². The highest BCUT2D eigenvalue weighted by molar-refractivity contribution is 9.10. The summed E-state index contributed by atoms with van der Waals surface area (Å²) in [6.45, 7) is 0.155. The number of rotatable bonds is 8. The molecule has 8 rings (SSSR count). The number of aromatic amines is 1. The number of nitrogens with one attached hydrogen (secondary N) is 2. The van der Waals surface area contributed by atoms with Gasteiger partial charge in [0.05, 0.1) is 16.3 Å². The maximum Gasteiger partial charge on any atom is 0.335 e. The number of aliphatic imine (C=N–C) groups is 1. The average molecular weight is 690 g/mol. The zero-order valence-corrected chi connectivity index (χ0v) is 26.9. The first-order valence-corrected chi connectivity index (χ1v) is 17.4. The summed E-state index contributed by atoms with van der Waals surface area (Å²) in [6.07, 6.45) is 8.81. The summed E-state index contributed by atoms with van der Waals surface area (Å²) < 4.78 is 29.7. The Balaban J connectivity index is 1.13. The van der Waals surface area contributed by atoms with Gasteiger partial charge >= 0.3 is 5.69 Å². The van der Waals surface area contributed by atoms with Crippen molar-refractivity contribution in [3.05, 3.63) is 115 Å². The monoisotopic (exact) mass is 688 g/mol. The Labute approximate surface area is 269 Å². The predicted molar refractivity (Wildman–Crippen MR) is 176 cm³/mol. The maximum atomic E-state index is 12.9. The topological polar surface area (TPSA) is 134 Å². The van der Waals surface area contributed by atoms with E-state index in [2.05, 4.69) is 42.8 Å². The van der Waals surface area contributed by atoms with Gasteiger partial charge in [-0.1, -0.05) is 36.4 Å². The summed E-state index contributed by atoms with van der Waals surface area (Å²) in [6, 6.07) is 21.0. The molecule has 1 heterocycles. The first kappa shape index (κ1) is 29.9. The van der Waals surface area contributed by atoms with E-state index in [1.165, 1.54) is 74.6 Å². The molecule has 4 aliphatic rings. The van der Waals surface area contributed by atoms with E-state index < -0.39 is 27.2 Å². The van der Waals surface area contributed by atoms with Gasteiger partial charge in [-0.3, -0.25) is 14.8 Å².